The summed E-state index contributed by atoms with van der Waals surface area (Å²) in [7, 11) is 0. The molecular weight excluding hydrogens is 380 g/mol. The van der Waals surface area contributed by atoms with E-state index in [4.69, 9.17) is 9.47 Å². The van der Waals surface area contributed by atoms with Gasteiger partial charge in [-0.1, -0.05) is 31.2 Å². The van der Waals surface area contributed by atoms with Crippen molar-refractivity contribution in [2.45, 2.75) is 39.8 Å². The molecule has 1 aliphatic rings. The van der Waals surface area contributed by atoms with Crippen molar-refractivity contribution in [3.05, 3.63) is 59.3 Å². The molecule has 0 bridgehead atoms. The molecule has 2 aromatic carbocycles. The maximum absolute atomic E-state index is 12.7. The molecule has 1 N–H and O–H groups in total. The standard InChI is InChI=1S/C24H26N2O4/c1-3-20(27)24-16(2)26(19-8-5-4-7-18(19)24)15-23(28)25-14-17-9-10-21-22(13-17)30-12-6-11-29-21/h4-5,7-10,13H,3,6,11-12,14-15H2,1-2H3,(H,25,28). The average molecular weight is 406 g/mol. The van der Waals surface area contributed by atoms with Gasteiger partial charge in [0, 0.05) is 41.5 Å². The first-order valence-corrected chi connectivity index (χ1v) is 10.3. The minimum absolute atomic E-state index is 0.0926. The van der Waals surface area contributed by atoms with Gasteiger partial charge in [-0.3, -0.25) is 9.59 Å². The number of ether oxygens (including phenoxy) is 2. The Morgan fingerprint density at radius 1 is 1.07 bits per heavy atom. The van der Waals surface area contributed by atoms with Gasteiger partial charge in [0.1, 0.15) is 6.54 Å². The van der Waals surface area contributed by atoms with E-state index in [1.54, 1.807) is 0 Å². The molecule has 2 heterocycles. The lowest BCUT2D eigenvalue weighted by Gasteiger charge is -2.12. The lowest BCUT2D eigenvalue weighted by molar-refractivity contribution is -0.121. The van der Waals surface area contributed by atoms with Crippen molar-refractivity contribution >= 4 is 22.6 Å². The third-order valence-corrected chi connectivity index (χ3v) is 5.43. The summed E-state index contributed by atoms with van der Waals surface area (Å²) in [6.07, 6.45) is 1.29. The Balaban J connectivity index is 1.50. The van der Waals surface area contributed by atoms with Gasteiger partial charge in [-0.05, 0) is 30.7 Å². The van der Waals surface area contributed by atoms with Crippen molar-refractivity contribution in [3.8, 4) is 11.5 Å². The molecule has 0 radical (unpaired) electrons. The van der Waals surface area contributed by atoms with Crippen molar-refractivity contribution in [3.63, 3.8) is 0 Å². The summed E-state index contributed by atoms with van der Waals surface area (Å²) in [5.41, 5.74) is 3.39. The number of benzene rings is 2. The largest absolute Gasteiger partial charge is 0.490 e. The number of rotatable bonds is 6. The molecule has 3 aromatic rings. The zero-order valence-electron chi connectivity index (χ0n) is 17.4. The van der Waals surface area contributed by atoms with Crippen LogP contribution >= 0.6 is 0 Å². The number of hydrogen-bond donors (Lipinski definition) is 1. The third kappa shape index (κ3) is 3.90. The Morgan fingerprint density at radius 3 is 2.63 bits per heavy atom. The molecule has 0 saturated carbocycles. The van der Waals surface area contributed by atoms with Gasteiger partial charge in [0.25, 0.3) is 0 Å². The van der Waals surface area contributed by atoms with E-state index in [9.17, 15) is 9.59 Å². The Labute approximate surface area is 175 Å². The number of amides is 1. The highest BCUT2D eigenvalue weighted by Gasteiger charge is 2.20. The van der Waals surface area contributed by atoms with Gasteiger partial charge in [-0.15, -0.1) is 0 Å². The predicted molar refractivity (Wildman–Crippen MR) is 115 cm³/mol. The van der Waals surface area contributed by atoms with Gasteiger partial charge < -0.3 is 19.4 Å². The minimum atomic E-state index is -0.110. The number of fused-ring (bicyclic) bond motifs is 2. The van der Waals surface area contributed by atoms with Crippen LogP contribution in [0, 0.1) is 6.92 Å². The number of carbonyl (C=O) groups excluding carboxylic acids is 2. The second-order valence-corrected chi connectivity index (χ2v) is 7.45. The first-order valence-electron chi connectivity index (χ1n) is 10.3. The number of Topliss-reactive ketones (excluding diaryl/α,β-unsaturated/α-hetero) is 1. The van der Waals surface area contributed by atoms with E-state index in [0.29, 0.717) is 37.5 Å². The maximum atomic E-state index is 12.7. The Morgan fingerprint density at radius 2 is 1.83 bits per heavy atom. The highest BCUT2D eigenvalue weighted by molar-refractivity contribution is 6.09. The van der Waals surface area contributed by atoms with E-state index < -0.39 is 0 Å². The maximum Gasteiger partial charge on any atom is 0.240 e. The van der Waals surface area contributed by atoms with Crippen molar-refractivity contribution in [2.75, 3.05) is 13.2 Å². The summed E-state index contributed by atoms with van der Waals surface area (Å²) in [5.74, 6) is 1.44. The lowest BCUT2D eigenvalue weighted by atomic mass is 10.1. The summed E-state index contributed by atoms with van der Waals surface area (Å²) < 4.78 is 13.3. The van der Waals surface area contributed by atoms with Crippen LogP contribution in [0.15, 0.2) is 42.5 Å². The average Bonchev–Trinajstić information content (AvgIpc) is 2.90. The topological polar surface area (TPSA) is 69.6 Å². The van der Waals surface area contributed by atoms with E-state index in [2.05, 4.69) is 5.32 Å². The van der Waals surface area contributed by atoms with Crippen LogP contribution in [0.4, 0.5) is 0 Å². The number of nitrogens with zero attached hydrogens (tertiary/aromatic N) is 1. The molecule has 30 heavy (non-hydrogen) atoms. The van der Waals surface area contributed by atoms with Crippen molar-refractivity contribution in [2.24, 2.45) is 0 Å². The van der Waals surface area contributed by atoms with Crippen molar-refractivity contribution in [1.29, 1.82) is 0 Å². The number of hydrogen-bond acceptors (Lipinski definition) is 4. The third-order valence-electron chi connectivity index (χ3n) is 5.43. The summed E-state index contributed by atoms with van der Waals surface area (Å²) in [4.78, 5) is 25.2. The molecule has 1 amide bonds. The normalized spacial score (nSPS) is 13.1. The number of carbonyl (C=O) groups is 2. The van der Waals surface area contributed by atoms with Crippen LogP contribution in [0.1, 0.15) is 41.4 Å². The molecule has 0 spiro atoms. The molecule has 4 rings (SSSR count). The van der Waals surface area contributed by atoms with Gasteiger partial charge in [0.05, 0.1) is 13.2 Å². The zero-order valence-corrected chi connectivity index (χ0v) is 17.4. The molecule has 6 heteroatoms. The summed E-state index contributed by atoms with van der Waals surface area (Å²) in [6.45, 7) is 5.59. The molecule has 1 aliphatic heterocycles. The van der Waals surface area contributed by atoms with E-state index in [-0.39, 0.29) is 18.2 Å². The quantitative estimate of drug-likeness (QED) is 0.628. The SMILES string of the molecule is CCC(=O)c1c(C)n(CC(=O)NCc2ccc3c(c2)OCCCO3)c2ccccc12. The van der Waals surface area contributed by atoms with Crippen LogP contribution in [0.2, 0.25) is 0 Å². The number of ketones is 1. The fraction of sp³-hybridized carbons (Fsp3) is 0.333. The van der Waals surface area contributed by atoms with Crippen LogP contribution in [0.25, 0.3) is 10.9 Å². The van der Waals surface area contributed by atoms with Crippen LogP contribution in [0.3, 0.4) is 0 Å². The summed E-state index contributed by atoms with van der Waals surface area (Å²) in [5, 5.41) is 3.87. The number of aromatic nitrogens is 1. The fourth-order valence-electron chi connectivity index (χ4n) is 3.88. The van der Waals surface area contributed by atoms with Gasteiger partial charge in [0.2, 0.25) is 5.91 Å². The smallest absolute Gasteiger partial charge is 0.240 e. The molecular formula is C24H26N2O4. The van der Waals surface area contributed by atoms with Crippen LogP contribution in [0.5, 0.6) is 11.5 Å². The van der Waals surface area contributed by atoms with E-state index in [1.807, 2.05) is 60.9 Å². The first-order chi connectivity index (χ1) is 14.6. The highest BCUT2D eigenvalue weighted by Crippen LogP contribution is 2.30. The second kappa shape index (κ2) is 8.61. The lowest BCUT2D eigenvalue weighted by Crippen LogP contribution is -2.27. The van der Waals surface area contributed by atoms with Crippen molar-refractivity contribution < 1.29 is 19.1 Å². The summed E-state index contributed by atoms with van der Waals surface area (Å²) >= 11 is 0. The molecule has 0 unspecified atom stereocenters. The molecule has 0 atom stereocenters. The molecule has 1 aromatic heterocycles. The fourth-order valence-corrected chi connectivity index (χ4v) is 3.88. The van der Waals surface area contributed by atoms with Gasteiger partial charge in [-0.2, -0.15) is 0 Å². The zero-order chi connectivity index (χ0) is 21.1. The van der Waals surface area contributed by atoms with E-state index in [1.165, 1.54) is 0 Å². The molecule has 0 fully saturated rings. The van der Waals surface area contributed by atoms with Gasteiger partial charge >= 0.3 is 0 Å². The van der Waals surface area contributed by atoms with Gasteiger partial charge in [0.15, 0.2) is 17.3 Å². The molecule has 6 nitrogen and oxygen atoms in total. The first kappa shape index (κ1) is 20.0. The van der Waals surface area contributed by atoms with Crippen LogP contribution in [-0.4, -0.2) is 29.5 Å². The van der Waals surface area contributed by atoms with Gasteiger partial charge in [-0.25, -0.2) is 0 Å². The Bertz CT molecular complexity index is 1100. The van der Waals surface area contributed by atoms with E-state index in [0.717, 1.165) is 34.3 Å². The number of para-hydroxylation sites is 1. The molecule has 0 saturated heterocycles. The predicted octanol–water partition coefficient (Wildman–Crippen LogP) is 4.02. The monoisotopic (exact) mass is 406 g/mol. The highest BCUT2D eigenvalue weighted by atomic mass is 16.5. The van der Waals surface area contributed by atoms with E-state index >= 15 is 0 Å². The van der Waals surface area contributed by atoms with Crippen LogP contribution in [-0.2, 0) is 17.9 Å². The summed E-state index contributed by atoms with van der Waals surface area (Å²) in [6, 6.07) is 13.5. The Hall–Kier alpha value is -3.28. The van der Waals surface area contributed by atoms with Crippen LogP contribution < -0.4 is 14.8 Å². The van der Waals surface area contributed by atoms with Crippen molar-refractivity contribution in [1.82, 2.24) is 9.88 Å². The number of nitrogens with one attached hydrogen (secondary N) is 1. The second-order valence-electron chi connectivity index (χ2n) is 7.45. The minimum Gasteiger partial charge on any atom is -0.490 e. The molecule has 0 aliphatic carbocycles. The Kier molecular flexibility index (Phi) is 5.74. The molecule has 156 valence electrons.